The van der Waals surface area contributed by atoms with Gasteiger partial charge in [-0.3, -0.25) is 14.6 Å². The highest BCUT2D eigenvalue weighted by Gasteiger charge is 2.24. The first-order valence-corrected chi connectivity index (χ1v) is 10.2. The van der Waals surface area contributed by atoms with Crippen molar-refractivity contribution in [1.82, 2.24) is 9.63 Å². The van der Waals surface area contributed by atoms with Crippen LogP contribution in [0.15, 0.2) is 58.3 Å². The van der Waals surface area contributed by atoms with Crippen LogP contribution in [0.2, 0.25) is 0 Å². The number of anilines is 3. The average Bonchev–Trinajstić information content (AvgIpc) is 2.74. The minimum atomic E-state index is -0.548. The Morgan fingerprint density at radius 2 is 1.71 bits per heavy atom. The zero-order chi connectivity index (χ0) is 19.6. The van der Waals surface area contributed by atoms with E-state index in [4.69, 9.17) is 0 Å². The van der Waals surface area contributed by atoms with Crippen LogP contribution in [0.1, 0.15) is 5.69 Å². The van der Waals surface area contributed by atoms with Crippen molar-refractivity contribution in [2.24, 2.45) is 0 Å². The van der Waals surface area contributed by atoms with Crippen molar-refractivity contribution in [1.29, 1.82) is 0 Å². The highest BCUT2D eigenvalue weighted by atomic mass is 32.2. The van der Waals surface area contributed by atoms with Gasteiger partial charge in [0.1, 0.15) is 17.1 Å². The summed E-state index contributed by atoms with van der Waals surface area (Å²) in [6.07, 6.45) is 1.67. The van der Waals surface area contributed by atoms with Crippen LogP contribution >= 0.6 is 11.8 Å². The van der Waals surface area contributed by atoms with Gasteiger partial charge in [0.2, 0.25) is 0 Å². The number of quaternary nitrogens is 1. The van der Waals surface area contributed by atoms with Gasteiger partial charge in [-0.1, -0.05) is 6.07 Å². The van der Waals surface area contributed by atoms with Gasteiger partial charge in [0.15, 0.2) is 0 Å². The highest BCUT2D eigenvalue weighted by molar-refractivity contribution is 7.99. The molecule has 28 heavy (non-hydrogen) atoms. The van der Waals surface area contributed by atoms with E-state index in [2.05, 4.69) is 15.6 Å². The average molecular weight is 396 g/mol. The normalized spacial score (nSPS) is 16.0. The molecule has 0 radical (unpaired) electrons. The number of hydrogen-bond acceptors (Lipinski definition) is 7. The molecule has 8 heteroatoms. The summed E-state index contributed by atoms with van der Waals surface area (Å²) in [5.74, 6) is 1.72. The summed E-state index contributed by atoms with van der Waals surface area (Å²) in [5.41, 5.74) is 1.57. The molecule has 0 aliphatic carbocycles. The molecule has 1 aliphatic rings. The summed E-state index contributed by atoms with van der Waals surface area (Å²) in [6.45, 7) is 1.49. The number of benzene rings is 1. The number of nitrogens with zero attached hydrogens (tertiary/aromatic N) is 2. The minimum Gasteiger partial charge on any atom is -0.627 e. The van der Waals surface area contributed by atoms with Crippen LogP contribution in [0, 0.1) is 5.21 Å². The van der Waals surface area contributed by atoms with Gasteiger partial charge in [0, 0.05) is 35.5 Å². The fourth-order valence-corrected chi connectivity index (χ4v) is 4.27. The van der Waals surface area contributed by atoms with Gasteiger partial charge in [-0.2, -0.15) is 11.8 Å². The largest absolute Gasteiger partial charge is 0.627 e. The SMILES string of the molecule is O=c1c(NCc2ccccn2)c(Nc2ccc([N+]3([O-])CCSCC3)cc2)c1=O. The highest BCUT2D eigenvalue weighted by Crippen LogP contribution is 2.29. The van der Waals surface area contributed by atoms with Gasteiger partial charge in [-0.15, -0.1) is 0 Å². The maximum absolute atomic E-state index is 12.9. The second kappa shape index (κ2) is 7.75. The number of hydrogen-bond donors (Lipinski definition) is 2. The van der Waals surface area contributed by atoms with Crippen molar-refractivity contribution in [2.45, 2.75) is 6.54 Å². The molecule has 2 aromatic carbocycles. The van der Waals surface area contributed by atoms with E-state index in [0.29, 0.717) is 31.0 Å². The lowest BCUT2D eigenvalue weighted by atomic mass is 10.1. The van der Waals surface area contributed by atoms with Gasteiger partial charge >= 0.3 is 0 Å². The summed E-state index contributed by atoms with van der Waals surface area (Å²) in [4.78, 5) is 28.1. The molecule has 2 heterocycles. The van der Waals surface area contributed by atoms with E-state index in [-0.39, 0.29) is 16.0 Å². The number of aromatic nitrogens is 1. The first kappa shape index (κ1) is 18.7. The van der Waals surface area contributed by atoms with Crippen molar-refractivity contribution in [3.8, 4) is 0 Å². The Balaban J connectivity index is 1.47. The van der Waals surface area contributed by atoms with E-state index in [1.54, 1.807) is 42.2 Å². The zero-order valence-electron chi connectivity index (χ0n) is 15.2. The predicted octanol–water partition coefficient (Wildman–Crippen LogP) is 2.59. The van der Waals surface area contributed by atoms with Crippen LogP contribution in [0.4, 0.5) is 22.7 Å². The number of rotatable bonds is 6. The smallest absolute Gasteiger partial charge is 0.253 e. The third-order valence-electron chi connectivity index (χ3n) is 4.88. The summed E-state index contributed by atoms with van der Waals surface area (Å²) >= 11 is 1.80. The zero-order valence-corrected chi connectivity index (χ0v) is 16.0. The Morgan fingerprint density at radius 3 is 2.39 bits per heavy atom. The number of hydroxylamine groups is 2. The summed E-state index contributed by atoms with van der Waals surface area (Å²) in [6, 6.07) is 12.6. The first-order valence-electron chi connectivity index (χ1n) is 9.07. The lowest BCUT2D eigenvalue weighted by Crippen LogP contribution is -2.49. The molecule has 1 fully saturated rings. The second-order valence-corrected chi connectivity index (χ2v) is 7.93. The molecule has 4 rings (SSSR count). The van der Waals surface area contributed by atoms with Crippen molar-refractivity contribution < 1.29 is 0 Å². The standard InChI is InChI=1S/C20H20N4O3S/c25-19-17(22-13-15-3-1-2-8-21-15)18(20(19)26)23-14-4-6-16(7-5-14)24(27)9-11-28-12-10-24/h1-8,22-23H,9-13H2. The molecule has 0 unspecified atom stereocenters. The van der Waals surface area contributed by atoms with E-state index in [1.165, 1.54) is 0 Å². The van der Waals surface area contributed by atoms with Gasteiger partial charge in [-0.25, -0.2) is 0 Å². The van der Waals surface area contributed by atoms with Crippen molar-refractivity contribution >= 4 is 34.5 Å². The van der Waals surface area contributed by atoms with Crippen LogP contribution in [-0.2, 0) is 6.54 Å². The molecule has 0 bridgehead atoms. The first-order chi connectivity index (χ1) is 13.6. The van der Waals surface area contributed by atoms with Gasteiger partial charge in [0.05, 0.1) is 25.3 Å². The molecule has 2 N–H and O–H groups in total. The van der Waals surface area contributed by atoms with Crippen LogP contribution in [0.25, 0.3) is 0 Å². The predicted molar refractivity (Wildman–Crippen MR) is 115 cm³/mol. The molecule has 0 atom stereocenters. The molecule has 0 amide bonds. The maximum atomic E-state index is 12.9. The van der Waals surface area contributed by atoms with Crippen molar-refractivity contribution in [2.75, 3.05) is 35.2 Å². The number of nitrogens with one attached hydrogen (secondary N) is 2. The van der Waals surface area contributed by atoms with Crippen LogP contribution < -0.4 is 26.1 Å². The molecule has 0 saturated carbocycles. The Morgan fingerprint density at radius 1 is 1.00 bits per heavy atom. The van der Waals surface area contributed by atoms with Crippen LogP contribution in [0.5, 0.6) is 0 Å². The molecular weight excluding hydrogens is 376 g/mol. The third-order valence-corrected chi connectivity index (χ3v) is 5.83. The minimum absolute atomic E-state index is 0.245. The molecule has 3 aromatic rings. The molecule has 1 saturated heterocycles. The lowest BCUT2D eigenvalue weighted by molar-refractivity contribution is 0.408. The Labute approximate surface area is 166 Å². The maximum Gasteiger partial charge on any atom is 0.253 e. The van der Waals surface area contributed by atoms with Gasteiger partial charge < -0.3 is 20.5 Å². The van der Waals surface area contributed by atoms with E-state index in [9.17, 15) is 14.8 Å². The molecule has 1 aliphatic heterocycles. The second-order valence-electron chi connectivity index (χ2n) is 6.70. The summed E-state index contributed by atoms with van der Waals surface area (Å²) < 4.78 is -0.315. The summed E-state index contributed by atoms with van der Waals surface area (Å²) in [5, 5.41) is 18.9. The molecular formula is C20H20N4O3S. The van der Waals surface area contributed by atoms with Crippen molar-refractivity contribution in [3.63, 3.8) is 0 Å². The molecule has 0 spiro atoms. The Hall–Kier alpha value is -2.68. The quantitative estimate of drug-likeness (QED) is 0.376. The molecule has 144 valence electrons. The van der Waals surface area contributed by atoms with Crippen LogP contribution in [0.3, 0.4) is 0 Å². The third kappa shape index (κ3) is 3.66. The summed E-state index contributed by atoms with van der Waals surface area (Å²) in [7, 11) is 0. The fraction of sp³-hybridized carbons (Fsp3) is 0.250. The Kier molecular flexibility index (Phi) is 5.17. The topological polar surface area (TPSA) is 94.2 Å². The fourth-order valence-electron chi connectivity index (χ4n) is 3.22. The Bertz CT molecular complexity index is 1020. The molecule has 1 aromatic heterocycles. The van der Waals surface area contributed by atoms with E-state index in [1.807, 2.05) is 18.2 Å². The van der Waals surface area contributed by atoms with Crippen molar-refractivity contribution in [3.05, 3.63) is 80.0 Å². The lowest BCUT2D eigenvalue weighted by Gasteiger charge is -2.44. The van der Waals surface area contributed by atoms with Crippen LogP contribution in [-0.4, -0.2) is 29.6 Å². The van der Waals surface area contributed by atoms with E-state index in [0.717, 1.165) is 17.2 Å². The van der Waals surface area contributed by atoms with E-state index < -0.39 is 10.9 Å². The number of thioether (sulfide) groups is 1. The van der Waals surface area contributed by atoms with Gasteiger partial charge in [0.25, 0.3) is 10.9 Å². The monoisotopic (exact) mass is 396 g/mol. The molecule has 7 nitrogen and oxygen atoms in total. The number of pyridine rings is 1. The van der Waals surface area contributed by atoms with E-state index >= 15 is 0 Å². The van der Waals surface area contributed by atoms with Gasteiger partial charge in [-0.05, 0) is 24.3 Å².